The second kappa shape index (κ2) is 6.44. The number of rotatable bonds is 0. The van der Waals surface area contributed by atoms with Crippen molar-refractivity contribution in [1.82, 2.24) is 0 Å². The number of hydrogen-bond donors (Lipinski definition) is 0. The molecule has 0 aromatic rings. The largest absolute Gasteiger partial charge is 0 e. The minimum absolute atomic E-state index is 0. The van der Waals surface area contributed by atoms with Gasteiger partial charge in [0, 0.05) is 51.4 Å². The second-order valence-electron chi connectivity index (χ2n) is 1.50. The Morgan fingerprint density at radius 2 is 1.00 bits per heavy atom. The van der Waals surface area contributed by atoms with Crippen molar-refractivity contribution in [2.75, 3.05) is 0 Å². The molecule has 0 aromatic heterocycles. The van der Waals surface area contributed by atoms with Crippen LogP contribution >= 0.6 is 0 Å². The van der Waals surface area contributed by atoms with E-state index in [0.717, 1.165) is 0 Å². The van der Waals surface area contributed by atoms with Gasteiger partial charge in [0.1, 0.15) is 0 Å². The first-order chi connectivity index (χ1) is 1.73. The van der Waals surface area contributed by atoms with E-state index in [2.05, 4.69) is 14.8 Å². The van der Waals surface area contributed by atoms with E-state index in [-0.39, 0.29) is 51.4 Å². The molecule has 0 bridgehead atoms. The molecule has 0 heterocycles. The van der Waals surface area contributed by atoms with Gasteiger partial charge in [-0.1, -0.05) is 0 Å². The van der Waals surface area contributed by atoms with E-state index in [1.807, 2.05) is 0 Å². The third kappa shape index (κ3) is 21.3. The molecule has 0 rings (SSSR count). The normalized spacial score (nSPS) is 7.20. The topological polar surface area (TPSA) is 0 Å². The summed E-state index contributed by atoms with van der Waals surface area (Å²) in [6, 6.07) is 0. The Kier molecular flexibility index (Phi) is 13.4. The summed E-state index contributed by atoms with van der Waals surface area (Å²) >= 11 is -0.543. The molecule has 0 unspecified atom stereocenters. The van der Waals surface area contributed by atoms with Crippen LogP contribution in [0.2, 0.25) is 14.8 Å². The van der Waals surface area contributed by atoms with Gasteiger partial charge in [-0.05, 0) is 0 Å². The molecule has 5 heavy (non-hydrogen) atoms. The van der Waals surface area contributed by atoms with Crippen LogP contribution in [-0.4, -0.2) is 71.1 Å². The van der Waals surface area contributed by atoms with Crippen LogP contribution in [-0.2, 0) is 0 Å². The Balaban J connectivity index is 0. The molecule has 0 aliphatic rings. The molecular formula is C3H9KSn. The third-order valence-electron chi connectivity index (χ3n) is 0. The molecule has 0 aromatic carbocycles. The van der Waals surface area contributed by atoms with Crippen LogP contribution in [0.15, 0.2) is 0 Å². The molecule has 0 fully saturated rings. The average Bonchev–Trinajstić information content (AvgIpc) is 0.811. The van der Waals surface area contributed by atoms with Gasteiger partial charge in [-0.25, -0.2) is 0 Å². The van der Waals surface area contributed by atoms with Crippen LogP contribution in [0.1, 0.15) is 0 Å². The van der Waals surface area contributed by atoms with E-state index in [0.29, 0.717) is 0 Å². The minimum Gasteiger partial charge on any atom is 0 e. The molecule has 0 saturated carbocycles. The van der Waals surface area contributed by atoms with Crippen LogP contribution in [0.5, 0.6) is 0 Å². The van der Waals surface area contributed by atoms with Crippen molar-refractivity contribution >= 4 is 71.1 Å². The molecule has 0 N–H and O–H groups in total. The monoisotopic (exact) mass is 204 g/mol. The van der Waals surface area contributed by atoms with Gasteiger partial charge in [-0.2, -0.15) is 0 Å². The molecule has 2 radical (unpaired) electrons. The van der Waals surface area contributed by atoms with E-state index in [1.165, 1.54) is 0 Å². The first kappa shape index (κ1) is 10.4. The fraction of sp³-hybridized carbons (Fsp3) is 1.00. The summed E-state index contributed by atoms with van der Waals surface area (Å²) in [6.45, 7) is 0. The zero-order valence-corrected chi connectivity index (χ0v) is 10.5. The first-order valence-corrected chi connectivity index (χ1v) is 10.1. The predicted octanol–water partition coefficient (Wildman–Crippen LogP) is 0.990. The molecule has 26 valence electrons. The maximum atomic E-state index is 2.36. The molecule has 0 spiro atoms. The van der Waals surface area contributed by atoms with Crippen LogP contribution in [0.4, 0.5) is 0 Å². The van der Waals surface area contributed by atoms with Crippen molar-refractivity contribution < 1.29 is 0 Å². The SMILES string of the molecule is [CH3][Sn]([CH3])[CH3].[K]. The Labute approximate surface area is 83.9 Å². The zero-order chi connectivity index (χ0) is 3.58. The summed E-state index contributed by atoms with van der Waals surface area (Å²) in [7, 11) is 0. The Bertz CT molecular complexity index is 11.6. The molecule has 0 aliphatic carbocycles. The average molecular weight is 203 g/mol. The van der Waals surface area contributed by atoms with Crippen LogP contribution < -0.4 is 0 Å². The summed E-state index contributed by atoms with van der Waals surface area (Å²) in [5, 5.41) is 0. The van der Waals surface area contributed by atoms with Crippen molar-refractivity contribution in [3.05, 3.63) is 0 Å². The van der Waals surface area contributed by atoms with Gasteiger partial charge >= 0.3 is 34.6 Å². The van der Waals surface area contributed by atoms with E-state index in [9.17, 15) is 0 Å². The van der Waals surface area contributed by atoms with Crippen molar-refractivity contribution in [1.29, 1.82) is 0 Å². The van der Waals surface area contributed by atoms with Gasteiger partial charge in [-0.15, -0.1) is 0 Å². The van der Waals surface area contributed by atoms with E-state index in [1.54, 1.807) is 0 Å². The summed E-state index contributed by atoms with van der Waals surface area (Å²) in [5.74, 6) is 0. The molecule has 2 heteroatoms. The van der Waals surface area contributed by atoms with Crippen molar-refractivity contribution in [3.8, 4) is 0 Å². The van der Waals surface area contributed by atoms with E-state index in [4.69, 9.17) is 0 Å². The maximum absolute atomic E-state index is 2.36. The van der Waals surface area contributed by atoms with Crippen LogP contribution in [0, 0.1) is 0 Å². The number of hydrogen-bond acceptors (Lipinski definition) is 0. The molecule has 0 aliphatic heterocycles. The Morgan fingerprint density at radius 3 is 1.00 bits per heavy atom. The molecule has 0 amide bonds. The van der Waals surface area contributed by atoms with Gasteiger partial charge in [0.15, 0.2) is 0 Å². The quantitative estimate of drug-likeness (QED) is 0.515. The predicted molar refractivity (Wildman–Crippen MR) is 29.1 cm³/mol. The minimum atomic E-state index is -0.543. The summed E-state index contributed by atoms with van der Waals surface area (Å²) in [4.78, 5) is 7.09. The summed E-state index contributed by atoms with van der Waals surface area (Å²) in [5.41, 5.74) is 0. The second-order valence-corrected chi connectivity index (χ2v) is 10.1. The van der Waals surface area contributed by atoms with Crippen LogP contribution in [0.3, 0.4) is 0 Å². The summed E-state index contributed by atoms with van der Waals surface area (Å²) in [6.07, 6.45) is 0. The zero-order valence-electron chi connectivity index (χ0n) is 4.50. The maximum Gasteiger partial charge on any atom is 0 e. The Hall–Kier alpha value is 2.44. The van der Waals surface area contributed by atoms with Gasteiger partial charge in [-0.3, -0.25) is 0 Å². The van der Waals surface area contributed by atoms with Crippen molar-refractivity contribution in [3.63, 3.8) is 0 Å². The molecule has 0 nitrogen and oxygen atoms in total. The molecular weight excluding hydrogens is 194 g/mol. The van der Waals surface area contributed by atoms with Gasteiger partial charge in [0.25, 0.3) is 0 Å². The standard InChI is InChI=1S/3CH3.K.Sn/h3*1H3;;. The van der Waals surface area contributed by atoms with Crippen molar-refractivity contribution in [2.45, 2.75) is 14.8 Å². The van der Waals surface area contributed by atoms with Gasteiger partial charge in [0.05, 0.1) is 0 Å². The fourth-order valence-electron chi connectivity index (χ4n) is 0. The van der Waals surface area contributed by atoms with Gasteiger partial charge < -0.3 is 0 Å². The summed E-state index contributed by atoms with van der Waals surface area (Å²) < 4.78 is 0. The Morgan fingerprint density at radius 1 is 1.00 bits per heavy atom. The fourth-order valence-corrected chi connectivity index (χ4v) is 0. The smallest absolute Gasteiger partial charge is 0 e. The first-order valence-electron chi connectivity index (χ1n) is 1.50. The van der Waals surface area contributed by atoms with E-state index >= 15 is 0 Å². The van der Waals surface area contributed by atoms with E-state index < -0.39 is 19.8 Å². The molecule has 0 saturated heterocycles. The molecule has 0 atom stereocenters. The third-order valence-corrected chi connectivity index (χ3v) is 0. The van der Waals surface area contributed by atoms with Crippen LogP contribution in [0.25, 0.3) is 0 Å². The van der Waals surface area contributed by atoms with Crippen molar-refractivity contribution in [2.24, 2.45) is 0 Å². The van der Waals surface area contributed by atoms with Gasteiger partial charge in [0.2, 0.25) is 0 Å².